The van der Waals surface area contributed by atoms with Crippen LogP contribution in [-0.4, -0.2) is 43.7 Å². The maximum absolute atomic E-state index is 12.5. The standard InChI is InChI=1S/C22H25ClN2O3/c23-18-13-20-21(28-12-4-11-27-20)14-19(18)24-22(26)15-25-9-7-17(8-10-25)16-5-2-1-3-6-16/h1-3,5-6,13-14,17H,4,7-12,15H2,(H,24,26). The van der Waals surface area contributed by atoms with Gasteiger partial charge >= 0.3 is 0 Å². The second-order valence-corrected chi connectivity index (χ2v) is 7.75. The first kappa shape index (κ1) is 19.1. The summed E-state index contributed by atoms with van der Waals surface area (Å²) in [6.07, 6.45) is 2.97. The summed E-state index contributed by atoms with van der Waals surface area (Å²) in [6, 6.07) is 14.1. The molecule has 0 aromatic heterocycles. The topological polar surface area (TPSA) is 50.8 Å². The highest BCUT2D eigenvalue weighted by molar-refractivity contribution is 6.34. The fourth-order valence-electron chi connectivity index (χ4n) is 3.82. The lowest BCUT2D eigenvalue weighted by Crippen LogP contribution is -2.38. The first-order valence-electron chi connectivity index (χ1n) is 9.85. The number of nitrogens with zero attached hydrogens (tertiary/aromatic N) is 1. The SMILES string of the molecule is O=C(CN1CCC(c2ccccc2)CC1)Nc1cc2c(cc1Cl)OCCCO2. The maximum Gasteiger partial charge on any atom is 0.238 e. The van der Waals surface area contributed by atoms with Crippen LogP contribution in [0.15, 0.2) is 42.5 Å². The van der Waals surface area contributed by atoms with Gasteiger partial charge in [0.2, 0.25) is 5.91 Å². The average molecular weight is 401 g/mol. The third kappa shape index (κ3) is 4.59. The second kappa shape index (κ2) is 8.84. The second-order valence-electron chi connectivity index (χ2n) is 7.34. The van der Waals surface area contributed by atoms with Crippen LogP contribution in [0, 0.1) is 0 Å². The van der Waals surface area contributed by atoms with Crippen LogP contribution in [-0.2, 0) is 4.79 Å². The van der Waals surface area contributed by atoms with Crippen molar-refractivity contribution in [2.45, 2.75) is 25.2 Å². The van der Waals surface area contributed by atoms with Crippen molar-refractivity contribution in [3.63, 3.8) is 0 Å². The van der Waals surface area contributed by atoms with Gasteiger partial charge in [0.25, 0.3) is 0 Å². The van der Waals surface area contributed by atoms with Gasteiger partial charge in [0.05, 0.1) is 30.5 Å². The zero-order valence-corrected chi connectivity index (χ0v) is 16.6. The van der Waals surface area contributed by atoms with Gasteiger partial charge < -0.3 is 14.8 Å². The fourth-order valence-corrected chi connectivity index (χ4v) is 4.02. The molecular formula is C22H25ClN2O3. The largest absolute Gasteiger partial charge is 0.490 e. The van der Waals surface area contributed by atoms with E-state index < -0.39 is 0 Å². The molecule has 1 saturated heterocycles. The maximum atomic E-state index is 12.5. The molecule has 0 unspecified atom stereocenters. The molecule has 6 heteroatoms. The van der Waals surface area contributed by atoms with Crippen LogP contribution in [0.2, 0.25) is 5.02 Å². The number of carbonyl (C=O) groups is 1. The van der Waals surface area contributed by atoms with E-state index in [0.29, 0.717) is 47.9 Å². The lowest BCUT2D eigenvalue weighted by molar-refractivity contribution is -0.117. The first-order valence-corrected chi connectivity index (χ1v) is 10.2. The molecule has 2 aromatic carbocycles. The predicted molar refractivity (Wildman–Crippen MR) is 111 cm³/mol. The van der Waals surface area contributed by atoms with E-state index in [1.165, 1.54) is 5.56 Å². The van der Waals surface area contributed by atoms with Gasteiger partial charge in [-0.2, -0.15) is 0 Å². The number of piperidine rings is 1. The minimum absolute atomic E-state index is 0.0606. The minimum Gasteiger partial charge on any atom is -0.490 e. The molecule has 1 fully saturated rings. The summed E-state index contributed by atoms with van der Waals surface area (Å²) >= 11 is 6.32. The predicted octanol–water partition coefficient (Wildman–Crippen LogP) is 4.32. The number of benzene rings is 2. The molecule has 2 aromatic rings. The number of amides is 1. The molecule has 0 radical (unpaired) electrons. The Morgan fingerprint density at radius 1 is 1.07 bits per heavy atom. The summed E-state index contributed by atoms with van der Waals surface area (Å²) in [5, 5.41) is 3.38. The lowest BCUT2D eigenvalue weighted by atomic mass is 9.89. The number of fused-ring (bicyclic) bond motifs is 1. The molecule has 28 heavy (non-hydrogen) atoms. The molecule has 2 heterocycles. The normalized spacial score (nSPS) is 17.8. The summed E-state index contributed by atoms with van der Waals surface area (Å²) in [7, 11) is 0. The Hall–Kier alpha value is -2.24. The van der Waals surface area contributed by atoms with Crippen LogP contribution in [0.1, 0.15) is 30.7 Å². The summed E-state index contributed by atoms with van der Waals surface area (Å²) < 4.78 is 11.3. The Bertz CT molecular complexity index is 820. The number of anilines is 1. The summed E-state index contributed by atoms with van der Waals surface area (Å²) in [5.74, 6) is 1.77. The molecule has 148 valence electrons. The van der Waals surface area contributed by atoms with E-state index in [2.05, 4.69) is 34.5 Å². The van der Waals surface area contributed by atoms with Crippen molar-refractivity contribution in [3.8, 4) is 11.5 Å². The number of halogens is 1. The number of carbonyl (C=O) groups excluding carboxylic acids is 1. The highest BCUT2D eigenvalue weighted by atomic mass is 35.5. The quantitative estimate of drug-likeness (QED) is 0.830. The van der Waals surface area contributed by atoms with Gasteiger partial charge in [-0.1, -0.05) is 41.9 Å². The van der Waals surface area contributed by atoms with Crippen LogP contribution >= 0.6 is 11.6 Å². The van der Waals surface area contributed by atoms with E-state index in [0.717, 1.165) is 32.4 Å². The Morgan fingerprint density at radius 3 is 2.46 bits per heavy atom. The Labute approximate surface area is 170 Å². The molecule has 2 aliphatic heterocycles. The van der Waals surface area contributed by atoms with Crippen molar-refractivity contribution < 1.29 is 14.3 Å². The number of nitrogens with one attached hydrogen (secondary N) is 1. The van der Waals surface area contributed by atoms with Crippen molar-refractivity contribution in [2.24, 2.45) is 0 Å². The Kier molecular flexibility index (Phi) is 6.03. The zero-order valence-electron chi connectivity index (χ0n) is 15.8. The van der Waals surface area contributed by atoms with E-state index in [-0.39, 0.29) is 5.91 Å². The zero-order chi connectivity index (χ0) is 19.3. The van der Waals surface area contributed by atoms with Gasteiger partial charge in [0.1, 0.15) is 0 Å². The van der Waals surface area contributed by atoms with Gasteiger partial charge in [0.15, 0.2) is 11.5 Å². The van der Waals surface area contributed by atoms with Crippen molar-refractivity contribution >= 4 is 23.2 Å². The molecule has 0 bridgehead atoms. The average Bonchev–Trinajstić information content (AvgIpc) is 2.94. The van der Waals surface area contributed by atoms with Gasteiger partial charge in [-0.15, -0.1) is 0 Å². The molecule has 0 saturated carbocycles. The van der Waals surface area contributed by atoms with Gasteiger partial charge in [0, 0.05) is 18.6 Å². The third-order valence-electron chi connectivity index (χ3n) is 5.34. The van der Waals surface area contributed by atoms with E-state index in [9.17, 15) is 4.79 Å². The molecule has 1 N–H and O–H groups in total. The summed E-state index contributed by atoms with van der Waals surface area (Å²) in [5.41, 5.74) is 1.96. The number of rotatable bonds is 4. The molecule has 1 amide bonds. The van der Waals surface area contributed by atoms with Gasteiger partial charge in [-0.25, -0.2) is 0 Å². The molecule has 5 nitrogen and oxygen atoms in total. The van der Waals surface area contributed by atoms with Crippen molar-refractivity contribution in [1.29, 1.82) is 0 Å². The number of likely N-dealkylation sites (tertiary alicyclic amines) is 1. The lowest BCUT2D eigenvalue weighted by Gasteiger charge is -2.31. The van der Waals surface area contributed by atoms with Crippen molar-refractivity contribution in [2.75, 3.05) is 38.2 Å². The molecule has 0 aliphatic carbocycles. The van der Waals surface area contributed by atoms with Crippen LogP contribution in [0.25, 0.3) is 0 Å². The van der Waals surface area contributed by atoms with Crippen LogP contribution in [0.3, 0.4) is 0 Å². The Balaban J connectivity index is 1.32. The highest BCUT2D eigenvalue weighted by Crippen LogP contribution is 2.37. The first-order chi connectivity index (χ1) is 13.7. The smallest absolute Gasteiger partial charge is 0.238 e. The highest BCUT2D eigenvalue weighted by Gasteiger charge is 2.22. The molecule has 4 rings (SSSR count). The summed E-state index contributed by atoms with van der Waals surface area (Å²) in [4.78, 5) is 14.7. The van der Waals surface area contributed by atoms with Crippen molar-refractivity contribution in [1.82, 2.24) is 4.90 Å². The van der Waals surface area contributed by atoms with E-state index in [1.54, 1.807) is 12.1 Å². The minimum atomic E-state index is -0.0606. The molecule has 0 atom stereocenters. The van der Waals surface area contributed by atoms with Gasteiger partial charge in [-0.3, -0.25) is 9.69 Å². The Morgan fingerprint density at radius 2 is 1.75 bits per heavy atom. The van der Waals surface area contributed by atoms with Crippen LogP contribution < -0.4 is 14.8 Å². The number of hydrogen-bond acceptors (Lipinski definition) is 4. The molecule has 0 spiro atoms. The van der Waals surface area contributed by atoms with Gasteiger partial charge in [-0.05, 0) is 37.4 Å². The monoisotopic (exact) mass is 400 g/mol. The van der Waals surface area contributed by atoms with E-state index in [1.807, 2.05) is 6.07 Å². The summed E-state index contributed by atoms with van der Waals surface area (Å²) in [6.45, 7) is 3.41. The number of ether oxygens (including phenoxy) is 2. The fraction of sp³-hybridized carbons (Fsp3) is 0.409. The van der Waals surface area contributed by atoms with E-state index >= 15 is 0 Å². The molecule has 2 aliphatic rings. The number of hydrogen-bond donors (Lipinski definition) is 1. The van der Waals surface area contributed by atoms with Crippen molar-refractivity contribution in [3.05, 3.63) is 53.1 Å². The molecular weight excluding hydrogens is 376 g/mol. The van der Waals surface area contributed by atoms with Crippen LogP contribution in [0.4, 0.5) is 5.69 Å². The van der Waals surface area contributed by atoms with E-state index in [4.69, 9.17) is 21.1 Å². The van der Waals surface area contributed by atoms with Crippen LogP contribution in [0.5, 0.6) is 11.5 Å². The third-order valence-corrected chi connectivity index (χ3v) is 5.65.